The van der Waals surface area contributed by atoms with E-state index in [0.717, 1.165) is 35.7 Å². The van der Waals surface area contributed by atoms with Gasteiger partial charge in [0.1, 0.15) is 11.5 Å². The number of benzene rings is 2. The van der Waals surface area contributed by atoms with Gasteiger partial charge in [0.2, 0.25) is 5.91 Å². The fraction of sp³-hybridized carbons (Fsp3) is 0.350. The van der Waals surface area contributed by atoms with Gasteiger partial charge in [0, 0.05) is 23.5 Å². The number of anilines is 2. The molecule has 0 unspecified atom stereocenters. The number of amides is 1. The molecule has 2 rings (SSSR count). The normalized spacial score (nSPS) is 10.2. The van der Waals surface area contributed by atoms with Crippen LogP contribution in [0, 0.1) is 0 Å². The second-order valence-electron chi connectivity index (χ2n) is 5.59. The summed E-state index contributed by atoms with van der Waals surface area (Å²) in [6.45, 7) is 5.53. The van der Waals surface area contributed by atoms with Crippen molar-refractivity contribution in [2.24, 2.45) is 0 Å². The van der Waals surface area contributed by atoms with Gasteiger partial charge in [0.25, 0.3) is 0 Å². The molecule has 134 valence electrons. The van der Waals surface area contributed by atoms with E-state index in [1.807, 2.05) is 55.5 Å². The molecule has 0 spiro atoms. The fourth-order valence-electron chi connectivity index (χ4n) is 2.25. The molecule has 0 heterocycles. The zero-order valence-corrected chi connectivity index (χ0v) is 14.9. The molecule has 5 heteroatoms. The van der Waals surface area contributed by atoms with E-state index in [1.54, 1.807) is 0 Å². The first-order valence-corrected chi connectivity index (χ1v) is 8.70. The summed E-state index contributed by atoms with van der Waals surface area (Å²) < 4.78 is 11.1. The van der Waals surface area contributed by atoms with Gasteiger partial charge in [0.15, 0.2) is 0 Å². The van der Waals surface area contributed by atoms with Gasteiger partial charge < -0.3 is 20.1 Å². The van der Waals surface area contributed by atoms with Crippen molar-refractivity contribution < 1.29 is 14.3 Å². The van der Waals surface area contributed by atoms with Gasteiger partial charge in [-0.1, -0.05) is 25.5 Å². The van der Waals surface area contributed by atoms with E-state index in [-0.39, 0.29) is 12.5 Å². The van der Waals surface area contributed by atoms with Gasteiger partial charge in [-0.05, 0) is 37.6 Å². The van der Waals surface area contributed by atoms with Crippen molar-refractivity contribution in [3.05, 3.63) is 48.5 Å². The number of ether oxygens (including phenoxy) is 2. The maximum atomic E-state index is 12.1. The smallest absolute Gasteiger partial charge is 0.243 e. The van der Waals surface area contributed by atoms with Crippen LogP contribution in [0.1, 0.15) is 26.7 Å². The number of hydrogen-bond donors (Lipinski definition) is 2. The summed E-state index contributed by atoms with van der Waals surface area (Å²) in [5, 5.41) is 5.97. The molecule has 2 aromatic rings. The lowest BCUT2D eigenvalue weighted by Gasteiger charge is -2.11. The average molecular weight is 342 g/mol. The van der Waals surface area contributed by atoms with E-state index in [0.29, 0.717) is 13.2 Å². The Morgan fingerprint density at radius 2 is 1.64 bits per heavy atom. The number of carbonyl (C=O) groups excluding carboxylic acids is 1. The Morgan fingerprint density at radius 1 is 0.960 bits per heavy atom. The molecule has 2 aromatic carbocycles. The van der Waals surface area contributed by atoms with Crippen molar-refractivity contribution in [2.75, 3.05) is 30.4 Å². The Bertz CT molecular complexity index is 673. The second kappa shape index (κ2) is 10.2. The van der Waals surface area contributed by atoms with Crippen molar-refractivity contribution in [1.29, 1.82) is 0 Å². The van der Waals surface area contributed by atoms with Crippen LogP contribution < -0.4 is 20.1 Å². The first kappa shape index (κ1) is 18.6. The largest absolute Gasteiger partial charge is 0.494 e. The molecule has 25 heavy (non-hydrogen) atoms. The minimum absolute atomic E-state index is 0.119. The highest BCUT2D eigenvalue weighted by molar-refractivity contribution is 5.93. The quantitative estimate of drug-likeness (QED) is 0.632. The topological polar surface area (TPSA) is 59.6 Å². The lowest BCUT2D eigenvalue weighted by Crippen LogP contribution is -2.21. The van der Waals surface area contributed by atoms with Gasteiger partial charge in [-0.3, -0.25) is 4.79 Å². The Balaban J connectivity index is 1.83. The van der Waals surface area contributed by atoms with Crippen molar-refractivity contribution >= 4 is 17.3 Å². The van der Waals surface area contributed by atoms with Crippen LogP contribution in [-0.4, -0.2) is 25.7 Å². The minimum atomic E-state index is -0.119. The van der Waals surface area contributed by atoms with Crippen LogP contribution in [0.5, 0.6) is 11.5 Å². The Morgan fingerprint density at radius 3 is 2.36 bits per heavy atom. The summed E-state index contributed by atoms with van der Waals surface area (Å²) in [6, 6.07) is 15.0. The monoisotopic (exact) mass is 342 g/mol. The predicted octanol–water partition coefficient (Wildman–Crippen LogP) is 4.31. The van der Waals surface area contributed by atoms with Crippen molar-refractivity contribution in [2.45, 2.75) is 26.7 Å². The Kier molecular flexibility index (Phi) is 7.63. The molecule has 0 aromatic heterocycles. The molecule has 0 aliphatic heterocycles. The van der Waals surface area contributed by atoms with Crippen LogP contribution in [0.25, 0.3) is 0 Å². The standard InChI is InChI=1S/C20H26N2O3/c1-3-5-12-25-19-11-6-8-16(13-19)21-15-20(23)22-17-9-7-10-18(14-17)24-4-2/h6-11,13-14,21H,3-5,12,15H2,1-2H3,(H,22,23). The van der Waals surface area contributed by atoms with E-state index in [9.17, 15) is 4.79 Å². The third-order valence-corrected chi connectivity index (χ3v) is 3.48. The van der Waals surface area contributed by atoms with Gasteiger partial charge >= 0.3 is 0 Å². The highest BCUT2D eigenvalue weighted by Gasteiger charge is 2.04. The van der Waals surface area contributed by atoms with Crippen molar-refractivity contribution in [3.8, 4) is 11.5 Å². The molecule has 0 fully saturated rings. The van der Waals surface area contributed by atoms with E-state index in [2.05, 4.69) is 17.6 Å². The molecular weight excluding hydrogens is 316 g/mol. The molecule has 5 nitrogen and oxygen atoms in total. The van der Waals surface area contributed by atoms with Crippen molar-refractivity contribution in [3.63, 3.8) is 0 Å². The lowest BCUT2D eigenvalue weighted by atomic mass is 10.3. The van der Waals surface area contributed by atoms with Crippen LogP contribution >= 0.6 is 0 Å². The Labute approximate surface area is 149 Å². The maximum Gasteiger partial charge on any atom is 0.243 e. The molecular formula is C20H26N2O3. The van der Waals surface area contributed by atoms with E-state index < -0.39 is 0 Å². The highest BCUT2D eigenvalue weighted by Crippen LogP contribution is 2.19. The SMILES string of the molecule is CCCCOc1cccc(NCC(=O)Nc2cccc(OCC)c2)c1. The molecule has 1 amide bonds. The van der Waals surface area contributed by atoms with E-state index in [4.69, 9.17) is 9.47 Å². The van der Waals surface area contributed by atoms with Crippen LogP contribution in [0.4, 0.5) is 11.4 Å². The predicted molar refractivity (Wildman–Crippen MR) is 102 cm³/mol. The molecule has 0 radical (unpaired) electrons. The van der Waals surface area contributed by atoms with E-state index in [1.165, 1.54) is 0 Å². The maximum absolute atomic E-state index is 12.1. The van der Waals surface area contributed by atoms with Gasteiger partial charge in [-0.25, -0.2) is 0 Å². The summed E-state index contributed by atoms with van der Waals surface area (Å²) in [5.74, 6) is 1.43. The van der Waals surface area contributed by atoms with Gasteiger partial charge in [-0.15, -0.1) is 0 Å². The summed E-state index contributed by atoms with van der Waals surface area (Å²) >= 11 is 0. The average Bonchev–Trinajstić information content (AvgIpc) is 2.61. The van der Waals surface area contributed by atoms with E-state index >= 15 is 0 Å². The number of nitrogens with one attached hydrogen (secondary N) is 2. The second-order valence-corrected chi connectivity index (χ2v) is 5.59. The molecule has 0 bridgehead atoms. The molecule has 2 N–H and O–H groups in total. The zero-order chi connectivity index (χ0) is 17.9. The minimum Gasteiger partial charge on any atom is -0.494 e. The first-order valence-electron chi connectivity index (χ1n) is 8.70. The van der Waals surface area contributed by atoms with Crippen LogP contribution in [-0.2, 0) is 4.79 Å². The van der Waals surface area contributed by atoms with Crippen molar-refractivity contribution in [1.82, 2.24) is 0 Å². The molecule has 0 saturated heterocycles. The molecule has 0 atom stereocenters. The summed E-state index contributed by atoms with van der Waals surface area (Å²) in [7, 11) is 0. The summed E-state index contributed by atoms with van der Waals surface area (Å²) in [6.07, 6.45) is 2.13. The highest BCUT2D eigenvalue weighted by atomic mass is 16.5. The van der Waals surface area contributed by atoms with Crippen LogP contribution in [0.3, 0.4) is 0 Å². The Hall–Kier alpha value is -2.69. The molecule has 0 saturated carbocycles. The fourth-order valence-corrected chi connectivity index (χ4v) is 2.25. The third kappa shape index (κ3) is 6.75. The lowest BCUT2D eigenvalue weighted by molar-refractivity contribution is -0.114. The molecule has 0 aliphatic rings. The van der Waals surface area contributed by atoms with Crippen LogP contribution in [0.2, 0.25) is 0 Å². The zero-order valence-electron chi connectivity index (χ0n) is 14.9. The van der Waals surface area contributed by atoms with Crippen LogP contribution in [0.15, 0.2) is 48.5 Å². The number of carbonyl (C=O) groups is 1. The number of unbranched alkanes of at least 4 members (excludes halogenated alkanes) is 1. The third-order valence-electron chi connectivity index (χ3n) is 3.48. The van der Waals surface area contributed by atoms with Gasteiger partial charge in [0.05, 0.1) is 19.8 Å². The first-order chi connectivity index (χ1) is 12.2. The summed E-state index contributed by atoms with van der Waals surface area (Å²) in [4.78, 5) is 12.1. The number of rotatable bonds is 10. The molecule has 0 aliphatic carbocycles. The number of hydrogen-bond acceptors (Lipinski definition) is 4. The summed E-state index contributed by atoms with van der Waals surface area (Å²) in [5.41, 5.74) is 1.57. The van der Waals surface area contributed by atoms with Gasteiger partial charge in [-0.2, -0.15) is 0 Å².